The largest absolute Gasteiger partial charge is 0.508 e. The molecule has 0 unspecified atom stereocenters. The molecule has 0 heterocycles. The number of halogens is 1. The third kappa shape index (κ3) is 3.34. The van der Waals surface area contributed by atoms with Crippen molar-refractivity contribution in [1.82, 2.24) is 5.32 Å². The van der Waals surface area contributed by atoms with Crippen LogP contribution in [0.3, 0.4) is 0 Å². The molecule has 0 radical (unpaired) electrons. The third-order valence-corrected chi connectivity index (χ3v) is 1.79. The van der Waals surface area contributed by atoms with E-state index in [0.29, 0.717) is 6.54 Å². The van der Waals surface area contributed by atoms with Crippen molar-refractivity contribution in [2.24, 2.45) is 0 Å². The molecule has 0 saturated carbocycles. The van der Waals surface area contributed by atoms with Crippen LogP contribution in [0.15, 0.2) is 24.3 Å². The molecule has 0 aliphatic rings. The van der Waals surface area contributed by atoms with Crippen LogP contribution in [0.5, 0.6) is 5.75 Å². The normalized spacial score (nSPS) is 9.62. The summed E-state index contributed by atoms with van der Waals surface area (Å²) in [7, 11) is 0. The molecule has 0 aliphatic carbocycles. The monoisotopic (exact) mass is 199 g/mol. The van der Waals surface area contributed by atoms with Crippen molar-refractivity contribution in [1.29, 1.82) is 0 Å². The Hall–Kier alpha value is -1.22. The van der Waals surface area contributed by atoms with E-state index < -0.39 is 0 Å². The molecule has 0 aliphatic heterocycles. The summed E-state index contributed by atoms with van der Waals surface area (Å²) in [6, 6.07) is 6.62. The summed E-state index contributed by atoms with van der Waals surface area (Å²) in [5.41, 5.74) is 0.927. The molecule has 0 aromatic heterocycles. The number of hydrogen-bond donors (Lipinski definition) is 2. The van der Waals surface area contributed by atoms with Gasteiger partial charge in [0.2, 0.25) is 5.91 Å². The summed E-state index contributed by atoms with van der Waals surface area (Å²) in [4.78, 5) is 10.8. The van der Waals surface area contributed by atoms with E-state index in [-0.39, 0.29) is 17.5 Å². The van der Waals surface area contributed by atoms with Crippen molar-refractivity contribution in [2.45, 2.75) is 6.54 Å². The van der Waals surface area contributed by atoms with Crippen LogP contribution in [0, 0.1) is 0 Å². The second-order valence-electron chi connectivity index (χ2n) is 2.58. The maximum Gasteiger partial charge on any atom is 0.235 e. The highest BCUT2D eigenvalue weighted by atomic mass is 35.5. The molecule has 4 heteroatoms. The van der Waals surface area contributed by atoms with Crippen molar-refractivity contribution in [3.8, 4) is 5.75 Å². The van der Waals surface area contributed by atoms with Gasteiger partial charge in [0.05, 0.1) is 0 Å². The molecule has 1 aromatic carbocycles. The molecule has 0 saturated heterocycles. The van der Waals surface area contributed by atoms with E-state index in [0.717, 1.165) is 5.56 Å². The average Bonchev–Trinajstić information content (AvgIpc) is 2.16. The zero-order valence-electron chi connectivity index (χ0n) is 6.96. The number of carbonyl (C=O) groups is 1. The van der Waals surface area contributed by atoms with Gasteiger partial charge in [-0.15, -0.1) is 11.6 Å². The number of amides is 1. The summed E-state index contributed by atoms with van der Waals surface area (Å²) >= 11 is 5.29. The summed E-state index contributed by atoms with van der Waals surface area (Å²) in [5, 5.41) is 11.6. The molecule has 0 spiro atoms. The first kappa shape index (κ1) is 9.86. The highest BCUT2D eigenvalue weighted by Crippen LogP contribution is 2.08. The zero-order valence-corrected chi connectivity index (χ0v) is 7.71. The smallest absolute Gasteiger partial charge is 0.235 e. The fourth-order valence-corrected chi connectivity index (χ4v) is 0.956. The Morgan fingerprint density at radius 2 is 2.00 bits per heavy atom. The molecule has 13 heavy (non-hydrogen) atoms. The van der Waals surface area contributed by atoms with Crippen LogP contribution in [-0.2, 0) is 11.3 Å². The van der Waals surface area contributed by atoms with Crippen LogP contribution in [0.4, 0.5) is 0 Å². The van der Waals surface area contributed by atoms with Crippen LogP contribution in [0.1, 0.15) is 5.56 Å². The molecule has 3 nitrogen and oxygen atoms in total. The first-order valence-corrected chi connectivity index (χ1v) is 4.36. The first-order chi connectivity index (χ1) is 6.22. The van der Waals surface area contributed by atoms with Crippen LogP contribution < -0.4 is 5.32 Å². The Balaban J connectivity index is 2.46. The van der Waals surface area contributed by atoms with Gasteiger partial charge in [-0.05, 0) is 17.7 Å². The molecule has 0 atom stereocenters. The fraction of sp³-hybridized carbons (Fsp3) is 0.222. The number of phenols is 1. The summed E-state index contributed by atoms with van der Waals surface area (Å²) in [5.74, 6) is -0.0138. The van der Waals surface area contributed by atoms with Crippen LogP contribution >= 0.6 is 11.6 Å². The minimum Gasteiger partial charge on any atom is -0.508 e. The van der Waals surface area contributed by atoms with E-state index in [1.165, 1.54) is 0 Å². The van der Waals surface area contributed by atoms with Crippen molar-refractivity contribution < 1.29 is 9.90 Å². The van der Waals surface area contributed by atoms with Gasteiger partial charge >= 0.3 is 0 Å². The number of alkyl halides is 1. The molecular weight excluding hydrogens is 190 g/mol. The Labute approximate surface area is 81.3 Å². The lowest BCUT2D eigenvalue weighted by Crippen LogP contribution is -2.23. The molecule has 0 fully saturated rings. The Kier molecular flexibility index (Phi) is 3.58. The van der Waals surface area contributed by atoms with Crippen molar-refractivity contribution in [2.75, 3.05) is 5.88 Å². The van der Waals surface area contributed by atoms with Gasteiger partial charge in [-0.25, -0.2) is 0 Å². The van der Waals surface area contributed by atoms with Gasteiger partial charge in [0.15, 0.2) is 0 Å². The number of carbonyl (C=O) groups excluding carboxylic acids is 1. The summed E-state index contributed by atoms with van der Waals surface area (Å²) in [6.45, 7) is 0.436. The molecular formula is C9H10ClNO2. The van der Waals surface area contributed by atoms with Gasteiger partial charge in [0.1, 0.15) is 11.6 Å². The SMILES string of the molecule is O=C(CCl)NCc1ccc(O)cc1. The van der Waals surface area contributed by atoms with Crippen LogP contribution in [0.2, 0.25) is 0 Å². The maximum atomic E-state index is 10.8. The van der Waals surface area contributed by atoms with Crippen molar-refractivity contribution in [3.63, 3.8) is 0 Å². The van der Waals surface area contributed by atoms with E-state index in [1.54, 1.807) is 24.3 Å². The first-order valence-electron chi connectivity index (χ1n) is 3.83. The van der Waals surface area contributed by atoms with Gasteiger partial charge in [0.25, 0.3) is 0 Å². The fourth-order valence-electron chi connectivity index (χ4n) is 0.862. The lowest BCUT2D eigenvalue weighted by molar-refractivity contribution is -0.118. The highest BCUT2D eigenvalue weighted by molar-refractivity contribution is 6.27. The van der Waals surface area contributed by atoms with E-state index in [1.807, 2.05) is 0 Å². The van der Waals surface area contributed by atoms with Gasteiger partial charge in [-0.3, -0.25) is 4.79 Å². The molecule has 2 N–H and O–H groups in total. The molecule has 0 bridgehead atoms. The number of hydrogen-bond acceptors (Lipinski definition) is 2. The van der Waals surface area contributed by atoms with Crippen molar-refractivity contribution in [3.05, 3.63) is 29.8 Å². The van der Waals surface area contributed by atoms with E-state index >= 15 is 0 Å². The summed E-state index contributed by atoms with van der Waals surface area (Å²) in [6.07, 6.45) is 0. The number of aromatic hydroxyl groups is 1. The van der Waals surface area contributed by atoms with Gasteiger partial charge < -0.3 is 10.4 Å². The van der Waals surface area contributed by atoms with E-state index in [2.05, 4.69) is 5.32 Å². The Morgan fingerprint density at radius 1 is 1.38 bits per heavy atom. The maximum absolute atomic E-state index is 10.8. The Bertz CT molecular complexity index is 284. The van der Waals surface area contributed by atoms with Crippen LogP contribution in [-0.4, -0.2) is 16.9 Å². The van der Waals surface area contributed by atoms with Gasteiger partial charge in [-0.1, -0.05) is 12.1 Å². The average molecular weight is 200 g/mol. The highest BCUT2D eigenvalue weighted by Gasteiger charge is 1.97. The second-order valence-corrected chi connectivity index (χ2v) is 2.84. The van der Waals surface area contributed by atoms with E-state index in [4.69, 9.17) is 16.7 Å². The predicted molar refractivity (Wildman–Crippen MR) is 50.7 cm³/mol. The zero-order chi connectivity index (χ0) is 9.68. The van der Waals surface area contributed by atoms with Gasteiger partial charge in [0, 0.05) is 6.54 Å². The number of rotatable bonds is 3. The second kappa shape index (κ2) is 4.72. The molecule has 1 aromatic rings. The molecule has 1 rings (SSSR count). The standard InChI is InChI=1S/C9H10ClNO2/c10-5-9(13)11-6-7-1-3-8(12)4-2-7/h1-4,12H,5-6H2,(H,11,13). The van der Waals surface area contributed by atoms with E-state index in [9.17, 15) is 4.79 Å². The lowest BCUT2D eigenvalue weighted by Gasteiger charge is -2.02. The molecule has 1 amide bonds. The molecule has 70 valence electrons. The topological polar surface area (TPSA) is 49.3 Å². The van der Waals surface area contributed by atoms with Gasteiger partial charge in [-0.2, -0.15) is 0 Å². The predicted octanol–water partition coefficient (Wildman–Crippen LogP) is 1.25. The van der Waals surface area contributed by atoms with Crippen LogP contribution in [0.25, 0.3) is 0 Å². The quantitative estimate of drug-likeness (QED) is 0.720. The number of benzene rings is 1. The lowest BCUT2D eigenvalue weighted by atomic mass is 10.2. The Morgan fingerprint density at radius 3 is 2.54 bits per heavy atom. The summed E-state index contributed by atoms with van der Waals surface area (Å²) < 4.78 is 0. The number of nitrogens with one attached hydrogen (secondary N) is 1. The number of phenolic OH excluding ortho intramolecular Hbond substituents is 1. The van der Waals surface area contributed by atoms with Crippen molar-refractivity contribution >= 4 is 17.5 Å². The minimum absolute atomic E-state index is 0.0297. The minimum atomic E-state index is -0.199. The third-order valence-electron chi connectivity index (χ3n) is 1.55.